The van der Waals surface area contributed by atoms with Gasteiger partial charge in [0.05, 0.1) is 12.6 Å². The lowest BCUT2D eigenvalue weighted by Crippen LogP contribution is -2.22. The first-order chi connectivity index (χ1) is 9.26. The van der Waals surface area contributed by atoms with Gasteiger partial charge in [0.25, 0.3) is 0 Å². The van der Waals surface area contributed by atoms with Gasteiger partial charge in [0, 0.05) is 0 Å². The molecule has 0 aliphatic rings. The highest BCUT2D eigenvalue weighted by Gasteiger charge is 2.16. The number of hydrogen-bond acceptors (Lipinski definition) is 3. The molecular formula is C16H21NOS. The van der Waals surface area contributed by atoms with Crippen LogP contribution in [0.25, 0.3) is 0 Å². The van der Waals surface area contributed by atoms with Gasteiger partial charge in [-0.1, -0.05) is 19.1 Å². The standard InChI is InChI=1S/C16H21NOS/c1-4-17-16(15-11-19-10-12(15)3)13-7-6-8-14(9-13)18-5-2/h6-11,16-17H,4-5H2,1-3H3. The van der Waals surface area contributed by atoms with Crippen LogP contribution in [0.3, 0.4) is 0 Å². The molecule has 0 saturated heterocycles. The van der Waals surface area contributed by atoms with Crippen LogP contribution in [-0.2, 0) is 0 Å². The Morgan fingerprint density at radius 3 is 2.74 bits per heavy atom. The molecule has 3 heteroatoms. The topological polar surface area (TPSA) is 21.3 Å². The number of hydrogen-bond donors (Lipinski definition) is 1. The van der Waals surface area contributed by atoms with E-state index in [9.17, 15) is 0 Å². The van der Waals surface area contributed by atoms with Gasteiger partial charge in [0.2, 0.25) is 0 Å². The Morgan fingerprint density at radius 2 is 2.11 bits per heavy atom. The molecule has 1 aromatic heterocycles. The fraction of sp³-hybridized carbons (Fsp3) is 0.375. The maximum absolute atomic E-state index is 5.60. The summed E-state index contributed by atoms with van der Waals surface area (Å²) in [5, 5.41) is 8.00. The summed E-state index contributed by atoms with van der Waals surface area (Å²) in [5.74, 6) is 0.941. The van der Waals surface area contributed by atoms with Gasteiger partial charge in [0.1, 0.15) is 5.75 Å². The minimum atomic E-state index is 0.247. The first-order valence-electron chi connectivity index (χ1n) is 6.75. The van der Waals surface area contributed by atoms with Crippen LogP contribution in [0.1, 0.15) is 36.6 Å². The quantitative estimate of drug-likeness (QED) is 0.855. The first-order valence-corrected chi connectivity index (χ1v) is 7.69. The molecule has 1 atom stereocenters. The molecule has 2 rings (SSSR count). The average molecular weight is 275 g/mol. The SMILES string of the molecule is CCNC(c1cccc(OCC)c1)c1cscc1C. The van der Waals surface area contributed by atoms with Crippen molar-refractivity contribution in [2.45, 2.75) is 26.8 Å². The summed E-state index contributed by atoms with van der Waals surface area (Å²) >= 11 is 1.76. The van der Waals surface area contributed by atoms with Crippen molar-refractivity contribution in [1.29, 1.82) is 0 Å². The summed E-state index contributed by atoms with van der Waals surface area (Å²) in [4.78, 5) is 0. The van der Waals surface area contributed by atoms with E-state index >= 15 is 0 Å². The molecule has 0 aliphatic heterocycles. The van der Waals surface area contributed by atoms with Crippen molar-refractivity contribution in [3.63, 3.8) is 0 Å². The lowest BCUT2D eigenvalue weighted by molar-refractivity contribution is 0.339. The average Bonchev–Trinajstić information content (AvgIpc) is 2.83. The maximum Gasteiger partial charge on any atom is 0.119 e. The smallest absolute Gasteiger partial charge is 0.119 e. The first kappa shape index (κ1) is 14.1. The van der Waals surface area contributed by atoms with Gasteiger partial charge in [-0.15, -0.1) is 0 Å². The molecule has 19 heavy (non-hydrogen) atoms. The lowest BCUT2D eigenvalue weighted by Gasteiger charge is -2.19. The van der Waals surface area contributed by atoms with E-state index < -0.39 is 0 Å². The Hall–Kier alpha value is -1.32. The van der Waals surface area contributed by atoms with Gasteiger partial charge < -0.3 is 10.1 Å². The van der Waals surface area contributed by atoms with Crippen molar-refractivity contribution in [2.75, 3.05) is 13.2 Å². The van der Waals surface area contributed by atoms with Gasteiger partial charge in [-0.25, -0.2) is 0 Å². The van der Waals surface area contributed by atoms with Crippen LogP contribution >= 0.6 is 11.3 Å². The molecule has 0 amide bonds. The number of rotatable bonds is 6. The highest BCUT2D eigenvalue weighted by molar-refractivity contribution is 7.08. The van der Waals surface area contributed by atoms with Crippen LogP contribution in [0.15, 0.2) is 35.0 Å². The molecule has 102 valence electrons. The molecule has 2 nitrogen and oxygen atoms in total. The van der Waals surface area contributed by atoms with Gasteiger partial charge in [0.15, 0.2) is 0 Å². The summed E-state index contributed by atoms with van der Waals surface area (Å²) in [6.07, 6.45) is 0. The summed E-state index contributed by atoms with van der Waals surface area (Å²) in [5.41, 5.74) is 3.97. The summed E-state index contributed by atoms with van der Waals surface area (Å²) in [7, 11) is 0. The molecule has 0 fully saturated rings. The zero-order valence-electron chi connectivity index (χ0n) is 11.8. The van der Waals surface area contributed by atoms with Crippen molar-refractivity contribution in [1.82, 2.24) is 5.32 Å². The third-order valence-electron chi connectivity index (χ3n) is 3.12. The molecule has 1 unspecified atom stereocenters. The fourth-order valence-corrected chi connectivity index (χ4v) is 3.10. The number of nitrogens with one attached hydrogen (secondary N) is 1. The van der Waals surface area contributed by atoms with Crippen molar-refractivity contribution in [2.24, 2.45) is 0 Å². The van der Waals surface area contributed by atoms with E-state index in [0.29, 0.717) is 6.61 Å². The molecule has 0 spiro atoms. The number of aryl methyl sites for hydroxylation is 1. The lowest BCUT2D eigenvalue weighted by atomic mass is 9.98. The van der Waals surface area contributed by atoms with Gasteiger partial charge in [-0.2, -0.15) is 11.3 Å². The Bertz CT molecular complexity index is 521. The Kier molecular flexibility index (Phi) is 5.00. The minimum Gasteiger partial charge on any atom is -0.494 e. The highest BCUT2D eigenvalue weighted by atomic mass is 32.1. The molecule has 1 heterocycles. The van der Waals surface area contributed by atoms with Crippen molar-refractivity contribution < 1.29 is 4.74 Å². The molecular weight excluding hydrogens is 254 g/mol. The second kappa shape index (κ2) is 6.73. The number of thiophene rings is 1. The van der Waals surface area contributed by atoms with Crippen molar-refractivity contribution in [3.8, 4) is 5.75 Å². The second-order valence-corrected chi connectivity index (χ2v) is 5.25. The van der Waals surface area contributed by atoms with Gasteiger partial charge in [-0.05, 0) is 60.0 Å². The minimum absolute atomic E-state index is 0.247. The molecule has 0 aliphatic carbocycles. The van der Waals surface area contributed by atoms with Gasteiger partial charge >= 0.3 is 0 Å². The Labute approximate surface area is 119 Å². The Balaban J connectivity index is 2.33. The molecule has 0 bridgehead atoms. The van der Waals surface area contributed by atoms with E-state index in [0.717, 1.165) is 12.3 Å². The van der Waals surface area contributed by atoms with Crippen LogP contribution in [0.5, 0.6) is 5.75 Å². The maximum atomic E-state index is 5.60. The van der Waals surface area contributed by atoms with E-state index in [2.05, 4.69) is 48.1 Å². The normalized spacial score (nSPS) is 12.4. The van der Waals surface area contributed by atoms with Gasteiger partial charge in [-0.3, -0.25) is 0 Å². The van der Waals surface area contributed by atoms with E-state index in [-0.39, 0.29) is 6.04 Å². The molecule has 0 radical (unpaired) electrons. The van der Waals surface area contributed by atoms with E-state index in [1.54, 1.807) is 11.3 Å². The van der Waals surface area contributed by atoms with Crippen molar-refractivity contribution in [3.05, 3.63) is 51.7 Å². The van der Waals surface area contributed by atoms with Crippen LogP contribution < -0.4 is 10.1 Å². The highest BCUT2D eigenvalue weighted by Crippen LogP contribution is 2.29. The third kappa shape index (κ3) is 3.37. The Morgan fingerprint density at radius 1 is 1.26 bits per heavy atom. The largest absolute Gasteiger partial charge is 0.494 e. The summed E-state index contributed by atoms with van der Waals surface area (Å²) in [6, 6.07) is 8.61. The van der Waals surface area contributed by atoms with E-state index in [4.69, 9.17) is 4.74 Å². The summed E-state index contributed by atoms with van der Waals surface area (Å²) < 4.78 is 5.60. The second-order valence-electron chi connectivity index (χ2n) is 4.51. The third-order valence-corrected chi connectivity index (χ3v) is 4.00. The van der Waals surface area contributed by atoms with Crippen LogP contribution in [0.2, 0.25) is 0 Å². The van der Waals surface area contributed by atoms with Crippen LogP contribution in [0.4, 0.5) is 0 Å². The zero-order chi connectivity index (χ0) is 13.7. The molecule has 0 saturated carbocycles. The predicted octanol–water partition coefficient (Wildman–Crippen LogP) is 4.15. The molecule has 2 aromatic rings. The van der Waals surface area contributed by atoms with E-state index in [1.807, 2.05) is 13.0 Å². The monoisotopic (exact) mass is 275 g/mol. The number of ether oxygens (including phenoxy) is 1. The van der Waals surface area contributed by atoms with E-state index in [1.165, 1.54) is 16.7 Å². The predicted molar refractivity (Wildman–Crippen MR) is 82.2 cm³/mol. The molecule has 1 aromatic carbocycles. The van der Waals surface area contributed by atoms with Crippen LogP contribution in [-0.4, -0.2) is 13.2 Å². The zero-order valence-corrected chi connectivity index (χ0v) is 12.6. The van der Waals surface area contributed by atoms with Crippen molar-refractivity contribution >= 4 is 11.3 Å². The summed E-state index contributed by atoms with van der Waals surface area (Å²) in [6.45, 7) is 7.97. The van der Waals surface area contributed by atoms with Crippen LogP contribution in [0, 0.1) is 6.92 Å². The number of benzene rings is 1. The molecule has 1 N–H and O–H groups in total. The fourth-order valence-electron chi connectivity index (χ4n) is 2.23.